The van der Waals surface area contributed by atoms with Gasteiger partial charge in [-0.1, -0.05) is 12.1 Å². The van der Waals surface area contributed by atoms with Gasteiger partial charge in [-0.2, -0.15) is 10.2 Å². The second-order valence-electron chi connectivity index (χ2n) is 8.81. The van der Waals surface area contributed by atoms with Gasteiger partial charge in [-0.25, -0.2) is 9.37 Å². The van der Waals surface area contributed by atoms with Gasteiger partial charge in [0.25, 0.3) is 0 Å². The summed E-state index contributed by atoms with van der Waals surface area (Å²) in [5, 5.41) is 25.9. The molecule has 2 atom stereocenters. The summed E-state index contributed by atoms with van der Waals surface area (Å²) in [6, 6.07) is 18.5. The van der Waals surface area contributed by atoms with Crippen molar-refractivity contribution in [3.8, 4) is 23.7 Å². The van der Waals surface area contributed by atoms with E-state index in [-0.39, 0.29) is 24.1 Å². The number of hydrogen-bond donors (Lipinski definition) is 2. The lowest BCUT2D eigenvalue weighted by Crippen LogP contribution is -2.37. The SMILES string of the molecule is CNCCC(O)(c1cc(OC)nc(OC)c1)C(c1cccc(F)c1)c1cc2cc(C#N)ccc2nc1OC. The summed E-state index contributed by atoms with van der Waals surface area (Å²) >= 11 is 0. The fraction of sp³-hybridized carbons (Fsp3) is 0.276. The minimum absolute atomic E-state index is 0.223. The number of hydrogen-bond acceptors (Lipinski definition) is 8. The second kappa shape index (κ2) is 11.4. The monoisotopic (exact) mass is 516 g/mol. The van der Waals surface area contributed by atoms with Crippen LogP contribution >= 0.6 is 0 Å². The zero-order chi connectivity index (χ0) is 27.3. The number of nitrogens with zero attached hydrogens (tertiary/aromatic N) is 3. The molecule has 0 fully saturated rings. The molecule has 0 saturated heterocycles. The van der Waals surface area contributed by atoms with Gasteiger partial charge in [0.2, 0.25) is 17.6 Å². The molecule has 196 valence electrons. The third kappa shape index (κ3) is 5.23. The molecule has 0 spiro atoms. The zero-order valence-corrected chi connectivity index (χ0v) is 21.7. The number of rotatable bonds is 10. The molecule has 0 amide bonds. The van der Waals surface area contributed by atoms with Crippen LogP contribution in [0, 0.1) is 17.1 Å². The molecule has 2 unspecified atom stereocenters. The third-order valence-electron chi connectivity index (χ3n) is 6.55. The van der Waals surface area contributed by atoms with Gasteiger partial charge in [-0.15, -0.1) is 0 Å². The minimum Gasteiger partial charge on any atom is -0.481 e. The zero-order valence-electron chi connectivity index (χ0n) is 21.7. The molecule has 0 saturated carbocycles. The molecule has 2 N–H and O–H groups in total. The first-order chi connectivity index (χ1) is 18.4. The summed E-state index contributed by atoms with van der Waals surface area (Å²) in [6.07, 6.45) is 0.223. The maximum atomic E-state index is 14.6. The first-order valence-corrected chi connectivity index (χ1v) is 12.0. The van der Waals surface area contributed by atoms with Crippen molar-refractivity contribution in [2.45, 2.75) is 17.9 Å². The van der Waals surface area contributed by atoms with E-state index in [9.17, 15) is 14.8 Å². The highest BCUT2D eigenvalue weighted by Gasteiger charge is 2.43. The van der Waals surface area contributed by atoms with Crippen molar-refractivity contribution >= 4 is 10.9 Å². The lowest BCUT2D eigenvalue weighted by Gasteiger charge is -2.38. The van der Waals surface area contributed by atoms with Gasteiger partial charge in [0.15, 0.2) is 0 Å². The number of nitriles is 1. The molecule has 38 heavy (non-hydrogen) atoms. The Bertz CT molecular complexity index is 1470. The molecule has 0 bridgehead atoms. The molecule has 4 aromatic rings. The van der Waals surface area contributed by atoms with Gasteiger partial charge in [0, 0.05) is 29.0 Å². The van der Waals surface area contributed by atoms with Gasteiger partial charge in [-0.3, -0.25) is 0 Å². The molecule has 2 aromatic heterocycles. The molecular weight excluding hydrogens is 487 g/mol. The molecule has 0 radical (unpaired) electrons. The fourth-order valence-electron chi connectivity index (χ4n) is 4.72. The van der Waals surface area contributed by atoms with Crippen molar-refractivity contribution in [2.75, 3.05) is 34.9 Å². The highest BCUT2D eigenvalue weighted by atomic mass is 19.1. The van der Waals surface area contributed by atoms with Crippen LogP contribution in [0.3, 0.4) is 0 Å². The van der Waals surface area contributed by atoms with Crippen LogP contribution in [0.1, 0.15) is 34.6 Å². The van der Waals surface area contributed by atoms with Gasteiger partial charge in [-0.05, 0) is 67.5 Å². The number of fused-ring (bicyclic) bond motifs is 1. The Balaban J connectivity index is 2.08. The number of aliphatic hydroxyl groups is 1. The lowest BCUT2D eigenvalue weighted by molar-refractivity contribution is 0.00977. The Morgan fingerprint density at radius 2 is 1.74 bits per heavy atom. The molecule has 4 rings (SSSR count). The maximum Gasteiger partial charge on any atom is 0.217 e. The summed E-state index contributed by atoms with van der Waals surface area (Å²) < 4.78 is 31.1. The van der Waals surface area contributed by atoms with Crippen LogP contribution in [0.5, 0.6) is 17.6 Å². The molecule has 8 nitrogen and oxygen atoms in total. The van der Waals surface area contributed by atoms with Crippen LogP contribution in [0.15, 0.2) is 60.7 Å². The van der Waals surface area contributed by atoms with Crippen LogP contribution in [-0.2, 0) is 5.60 Å². The van der Waals surface area contributed by atoms with Gasteiger partial charge in [0.05, 0.1) is 38.5 Å². The van der Waals surface area contributed by atoms with E-state index in [0.29, 0.717) is 39.7 Å². The Morgan fingerprint density at radius 3 is 2.34 bits per heavy atom. The summed E-state index contributed by atoms with van der Waals surface area (Å²) in [6.45, 7) is 0.428. The predicted octanol–water partition coefficient (Wildman–Crippen LogP) is 4.30. The number of ether oxygens (including phenoxy) is 3. The van der Waals surface area contributed by atoms with Gasteiger partial charge >= 0.3 is 0 Å². The standard InChI is InChI=1S/C29H29FN4O4/c1-32-11-10-29(35,21-15-25(36-2)34-26(16-21)37-3)27(19-6-5-7-22(30)13-19)23-14-20-12-18(17-31)8-9-24(20)33-28(23)38-4/h5-9,12-16,27,32,35H,10-11H2,1-4H3. The highest BCUT2D eigenvalue weighted by molar-refractivity contribution is 5.82. The van der Waals surface area contributed by atoms with Gasteiger partial charge < -0.3 is 24.6 Å². The second-order valence-corrected chi connectivity index (χ2v) is 8.81. The van der Waals surface area contributed by atoms with Crippen LogP contribution in [0.2, 0.25) is 0 Å². The summed E-state index contributed by atoms with van der Waals surface area (Å²) in [7, 11) is 6.23. The number of benzene rings is 2. The number of methoxy groups -OCH3 is 3. The molecule has 0 aliphatic carbocycles. The van der Waals surface area contributed by atoms with E-state index in [4.69, 9.17) is 14.2 Å². The minimum atomic E-state index is -1.63. The van der Waals surface area contributed by atoms with Gasteiger partial charge in [0.1, 0.15) is 11.4 Å². The van der Waals surface area contributed by atoms with Crippen LogP contribution in [-0.4, -0.2) is 50.0 Å². The van der Waals surface area contributed by atoms with Crippen molar-refractivity contribution in [2.24, 2.45) is 0 Å². The van der Waals surface area contributed by atoms with E-state index < -0.39 is 17.3 Å². The van der Waals surface area contributed by atoms with Crippen molar-refractivity contribution in [1.29, 1.82) is 5.26 Å². The number of nitrogens with one attached hydrogen (secondary N) is 1. The summed E-state index contributed by atoms with van der Waals surface area (Å²) in [5.74, 6) is -0.522. The van der Waals surface area contributed by atoms with E-state index in [1.165, 1.54) is 33.5 Å². The number of pyridine rings is 2. The normalized spacial score (nSPS) is 13.4. The Kier molecular flexibility index (Phi) is 8.05. The third-order valence-corrected chi connectivity index (χ3v) is 6.55. The quantitative estimate of drug-likeness (QED) is 0.321. The average molecular weight is 517 g/mol. The molecule has 0 aliphatic rings. The predicted molar refractivity (Wildman–Crippen MR) is 141 cm³/mol. The maximum absolute atomic E-state index is 14.6. The smallest absolute Gasteiger partial charge is 0.217 e. The van der Waals surface area contributed by atoms with Crippen LogP contribution in [0.25, 0.3) is 10.9 Å². The van der Waals surface area contributed by atoms with E-state index in [1.54, 1.807) is 49.5 Å². The molecular formula is C29H29FN4O4. The largest absolute Gasteiger partial charge is 0.481 e. The van der Waals surface area contributed by atoms with E-state index in [2.05, 4.69) is 21.4 Å². The number of halogens is 1. The molecule has 2 heterocycles. The Labute approximate surface area is 220 Å². The molecule has 0 aliphatic heterocycles. The fourth-order valence-corrected chi connectivity index (χ4v) is 4.72. The van der Waals surface area contributed by atoms with Crippen molar-refractivity contribution < 1.29 is 23.7 Å². The first kappa shape index (κ1) is 26.8. The van der Waals surface area contributed by atoms with Crippen molar-refractivity contribution in [1.82, 2.24) is 15.3 Å². The molecule has 2 aromatic carbocycles. The Hall–Kier alpha value is -4.26. The topological polar surface area (TPSA) is 110 Å². The lowest BCUT2D eigenvalue weighted by atomic mass is 9.72. The average Bonchev–Trinajstić information content (AvgIpc) is 2.95. The van der Waals surface area contributed by atoms with E-state index >= 15 is 0 Å². The Morgan fingerprint density at radius 1 is 1.00 bits per heavy atom. The van der Waals surface area contributed by atoms with Crippen molar-refractivity contribution in [3.05, 3.63) is 88.7 Å². The van der Waals surface area contributed by atoms with Crippen LogP contribution < -0.4 is 19.5 Å². The first-order valence-electron chi connectivity index (χ1n) is 12.0. The van der Waals surface area contributed by atoms with Crippen LogP contribution in [0.4, 0.5) is 4.39 Å². The summed E-state index contributed by atoms with van der Waals surface area (Å²) in [4.78, 5) is 8.96. The summed E-state index contributed by atoms with van der Waals surface area (Å²) in [5.41, 5.74) is 0.942. The van der Waals surface area contributed by atoms with E-state index in [0.717, 1.165) is 0 Å². The number of aromatic nitrogens is 2. The highest BCUT2D eigenvalue weighted by Crippen LogP contribution is 2.48. The molecule has 9 heteroatoms. The van der Waals surface area contributed by atoms with Crippen molar-refractivity contribution in [3.63, 3.8) is 0 Å². The van der Waals surface area contributed by atoms with E-state index in [1.807, 2.05) is 6.07 Å².